The highest BCUT2D eigenvalue weighted by molar-refractivity contribution is 9.10. The number of benzene rings is 1. The van der Waals surface area contributed by atoms with Gasteiger partial charge in [-0.1, -0.05) is 22.9 Å². The molecular weight excluding hydrogens is 290 g/mol. The van der Waals surface area contributed by atoms with E-state index in [1.54, 1.807) is 0 Å². The van der Waals surface area contributed by atoms with Crippen molar-refractivity contribution in [3.8, 4) is 0 Å². The van der Waals surface area contributed by atoms with Gasteiger partial charge in [0.05, 0.1) is 12.2 Å². The molecule has 2 aromatic rings. The van der Waals surface area contributed by atoms with Crippen LogP contribution in [-0.2, 0) is 13.1 Å². The third-order valence-corrected chi connectivity index (χ3v) is 3.38. The Bertz CT molecular complexity index is 520. The van der Waals surface area contributed by atoms with Crippen LogP contribution in [0.1, 0.15) is 24.6 Å². The molecule has 0 aliphatic carbocycles. The SMILES string of the molecule is CCCn1nccc1CNc1ccc(Br)cc1C. The molecular formula is C14H18BrN3. The molecule has 3 nitrogen and oxygen atoms in total. The smallest absolute Gasteiger partial charge is 0.0575 e. The van der Waals surface area contributed by atoms with Crippen molar-refractivity contribution >= 4 is 21.6 Å². The minimum absolute atomic E-state index is 0.808. The van der Waals surface area contributed by atoms with Crippen molar-refractivity contribution in [2.24, 2.45) is 0 Å². The van der Waals surface area contributed by atoms with E-state index in [0.29, 0.717) is 0 Å². The van der Waals surface area contributed by atoms with Crippen molar-refractivity contribution < 1.29 is 0 Å². The van der Waals surface area contributed by atoms with Crippen LogP contribution in [0.25, 0.3) is 0 Å². The first-order valence-corrected chi connectivity index (χ1v) is 7.00. The molecule has 0 aliphatic rings. The van der Waals surface area contributed by atoms with Crippen LogP contribution in [0.3, 0.4) is 0 Å². The van der Waals surface area contributed by atoms with Crippen LogP contribution in [0.2, 0.25) is 0 Å². The van der Waals surface area contributed by atoms with Crippen molar-refractivity contribution in [2.45, 2.75) is 33.4 Å². The molecule has 2 rings (SSSR count). The quantitative estimate of drug-likeness (QED) is 0.905. The number of hydrogen-bond donors (Lipinski definition) is 1. The average Bonchev–Trinajstić information content (AvgIpc) is 2.76. The molecule has 0 atom stereocenters. The second kappa shape index (κ2) is 6.05. The third kappa shape index (κ3) is 3.13. The Hall–Kier alpha value is -1.29. The molecule has 0 saturated heterocycles. The van der Waals surface area contributed by atoms with E-state index in [2.05, 4.69) is 69.1 Å². The lowest BCUT2D eigenvalue weighted by Crippen LogP contribution is -2.09. The van der Waals surface area contributed by atoms with Gasteiger partial charge in [-0.2, -0.15) is 5.10 Å². The highest BCUT2D eigenvalue weighted by Crippen LogP contribution is 2.20. The molecule has 1 N–H and O–H groups in total. The number of aromatic nitrogens is 2. The maximum absolute atomic E-state index is 4.32. The number of anilines is 1. The van der Waals surface area contributed by atoms with E-state index in [0.717, 1.165) is 24.0 Å². The lowest BCUT2D eigenvalue weighted by molar-refractivity contribution is 0.578. The van der Waals surface area contributed by atoms with Gasteiger partial charge in [-0.3, -0.25) is 4.68 Å². The van der Waals surface area contributed by atoms with Gasteiger partial charge in [-0.25, -0.2) is 0 Å². The van der Waals surface area contributed by atoms with Crippen molar-refractivity contribution in [3.63, 3.8) is 0 Å². The summed E-state index contributed by atoms with van der Waals surface area (Å²) in [6, 6.07) is 8.33. The number of halogens is 1. The summed E-state index contributed by atoms with van der Waals surface area (Å²) < 4.78 is 3.17. The van der Waals surface area contributed by atoms with Crippen molar-refractivity contribution in [1.82, 2.24) is 9.78 Å². The summed E-state index contributed by atoms with van der Waals surface area (Å²) in [5.41, 5.74) is 3.63. The van der Waals surface area contributed by atoms with Gasteiger partial charge in [-0.05, 0) is 43.2 Å². The van der Waals surface area contributed by atoms with Gasteiger partial charge in [-0.15, -0.1) is 0 Å². The standard InChI is InChI=1S/C14H18BrN3/c1-3-8-18-13(6-7-17-18)10-16-14-5-4-12(15)9-11(14)2/h4-7,9,16H,3,8,10H2,1-2H3. The summed E-state index contributed by atoms with van der Waals surface area (Å²) in [6.45, 7) is 6.06. The van der Waals surface area contributed by atoms with Crippen LogP contribution >= 0.6 is 15.9 Å². The lowest BCUT2D eigenvalue weighted by atomic mass is 10.2. The molecule has 1 aromatic heterocycles. The Labute approximate surface area is 116 Å². The van der Waals surface area contributed by atoms with Gasteiger partial charge in [0.2, 0.25) is 0 Å². The zero-order valence-electron chi connectivity index (χ0n) is 10.8. The van der Waals surface area contributed by atoms with Gasteiger partial charge in [0.1, 0.15) is 0 Å². The third-order valence-electron chi connectivity index (χ3n) is 2.89. The fourth-order valence-corrected chi connectivity index (χ4v) is 2.41. The first-order chi connectivity index (χ1) is 8.70. The summed E-state index contributed by atoms with van der Waals surface area (Å²) in [7, 11) is 0. The number of aryl methyl sites for hydroxylation is 2. The maximum atomic E-state index is 4.32. The van der Waals surface area contributed by atoms with E-state index in [-0.39, 0.29) is 0 Å². The summed E-state index contributed by atoms with van der Waals surface area (Å²) in [4.78, 5) is 0. The molecule has 0 radical (unpaired) electrons. The predicted molar refractivity (Wildman–Crippen MR) is 78.7 cm³/mol. The summed E-state index contributed by atoms with van der Waals surface area (Å²) in [5.74, 6) is 0. The minimum Gasteiger partial charge on any atom is -0.379 e. The molecule has 1 heterocycles. The largest absolute Gasteiger partial charge is 0.379 e. The zero-order valence-corrected chi connectivity index (χ0v) is 12.4. The van der Waals surface area contributed by atoms with E-state index in [1.165, 1.54) is 16.9 Å². The fourth-order valence-electron chi connectivity index (χ4n) is 1.93. The molecule has 0 amide bonds. The highest BCUT2D eigenvalue weighted by Gasteiger charge is 2.03. The van der Waals surface area contributed by atoms with Crippen LogP contribution in [0.5, 0.6) is 0 Å². The van der Waals surface area contributed by atoms with Crippen LogP contribution in [-0.4, -0.2) is 9.78 Å². The van der Waals surface area contributed by atoms with Gasteiger partial charge in [0.25, 0.3) is 0 Å². The average molecular weight is 308 g/mol. The van der Waals surface area contributed by atoms with Crippen LogP contribution in [0, 0.1) is 6.92 Å². The van der Waals surface area contributed by atoms with Crippen molar-refractivity contribution in [3.05, 3.63) is 46.2 Å². The molecule has 0 saturated carbocycles. The lowest BCUT2D eigenvalue weighted by Gasteiger charge is -2.11. The Morgan fingerprint density at radius 1 is 1.33 bits per heavy atom. The maximum Gasteiger partial charge on any atom is 0.0575 e. The topological polar surface area (TPSA) is 29.9 Å². The molecule has 18 heavy (non-hydrogen) atoms. The molecule has 0 unspecified atom stereocenters. The van der Waals surface area contributed by atoms with E-state index in [1.807, 2.05) is 6.20 Å². The first-order valence-electron chi connectivity index (χ1n) is 6.21. The van der Waals surface area contributed by atoms with Gasteiger partial charge in [0, 0.05) is 22.9 Å². The van der Waals surface area contributed by atoms with Crippen LogP contribution in [0.15, 0.2) is 34.9 Å². The molecule has 4 heteroatoms. The second-order valence-corrected chi connectivity index (χ2v) is 5.27. The Morgan fingerprint density at radius 2 is 2.17 bits per heavy atom. The second-order valence-electron chi connectivity index (χ2n) is 4.36. The van der Waals surface area contributed by atoms with E-state index in [4.69, 9.17) is 0 Å². The molecule has 0 fully saturated rings. The zero-order chi connectivity index (χ0) is 13.0. The van der Waals surface area contributed by atoms with E-state index in [9.17, 15) is 0 Å². The number of hydrogen-bond acceptors (Lipinski definition) is 2. The highest BCUT2D eigenvalue weighted by atomic mass is 79.9. The summed E-state index contributed by atoms with van der Waals surface area (Å²) in [5, 5.41) is 7.78. The van der Waals surface area contributed by atoms with Gasteiger partial charge >= 0.3 is 0 Å². The van der Waals surface area contributed by atoms with Crippen LogP contribution < -0.4 is 5.32 Å². The summed E-state index contributed by atoms with van der Waals surface area (Å²) in [6.07, 6.45) is 2.97. The first kappa shape index (κ1) is 13.1. The molecule has 0 spiro atoms. The van der Waals surface area contributed by atoms with Crippen LogP contribution in [0.4, 0.5) is 5.69 Å². The normalized spacial score (nSPS) is 10.6. The Kier molecular flexibility index (Phi) is 4.42. The Morgan fingerprint density at radius 3 is 2.89 bits per heavy atom. The fraction of sp³-hybridized carbons (Fsp3) is 0.357. The van der Waals surface area contributed by atoms with Crippen molar-refractivity contribution in [1.29, 1.82) is 0 Å². The van der Waals surface area contributed by atoms with E-state index < -0.39 is 0 Å². The minimum atomic E-state index is 0.808. The number of nitrogens with zero attached hydrogens (tertiary/aromatic N) is 2. The number of rotatable bonds is 5. The predicted octanol–water partition coefficient (Wildman–Crippen LogP) is 3.98. The van der Waals surface area contributed by atoms with E-state index >= 15 is 0 Å². The molecule has 0 aliphatic heterocycles. The van der Waals surface area contributed by atoms with Crippen molar-refractivity contribution in [2.75, 3.05) is 5.32 Å². The monoisotopic (exact) mass is 307 g/mol. The molecule has 96 valence electrons. The summed E-state index contributed by atoms with van der Waals surface area (Å²) >= 11 is 3.48. The molecule has 0 bridgehead atoms. The molecule has 1 aromatic carbocycles. The van der Waals surface area contributed by atoms with Gasteiger partial charge in [0.15, 0.2) is 0 Å². The Balaban J connectivity index is 2.04. The number of nitrogens with one attached hydrogen (secondary N) is 1. The van der Waals surface area contributed by atoms with Gasteiger partial charge < -0.3 is 5.32 Å².